The SMILES string of the molecule is CC1(C)CC(=O)N(c2ccc(C(=O)O)c(Cl)c2)C1=O. The summed E-state index contributed by atoms with van der Waals surface area (Å²) in [7, 11) is 0. The molecular formula is C13H12ClNO4. The number of amides is 2. The Bertz CT molecular complexity index is 594. The second-order valence-electron chi connectivity index (χ2n) is 5.06. The summed E-state index contributed by atoms with van der Waals surface area (Å²) in [5.41, 5.74) is -0.506. The molecule has 1 heterocycles. The maximum absolute atomic E-state index is 12.1. The van der Waals surface area contributed by atoms with E-state index < -0.39 is 11.4 Å². The van der Waals surface area contributed by atoms with E-state index >= 15 is 0 Å². The summed E-state index contributed by atoms with van der Waals surface area (Å²) in [6.07, 6.45) is 0.129. The number of hydrogen-bond donors (Lipinski definition) is 1. The van der Waals surface area contributed by atoms with Crippen LogP contribution in [-0.2, 0) is 9.59 Å². The maximum atomic E-state index is 12.1. The van der Waals surface area contributed by atoms with Crippen LogP contribution in [-0.4, -0.2) is 22.9 Å². The lowest BCUT2D eigenvalue weighted by Gasteiger charge is -2.18. The highest BCUT2D eigenvalue weighted by molar-refractivity contribution is 6.34. The number of halogens is 1. The smallest absolute Gasteiger partial charge is 0.337 e. The number of carbonyl (C=O) groups is 3. The molecule has 19 heavy (non-hydrogen) atoms. The molecule has 0 aromatic heterocycles. The quantitative estimate of drug-likeness (QED) is 0.844. The Morgan fingerprint density at radius 1 is 1.37 bits per heavy atom. The zero-order chi connectivity index (χ0) is 14.4. The molecular weight excluding hydrogens is 270 g/mol. The summed E-state index contributed by atoms with van der Waals surface area (Å²) in [4.78, 5) is 35.9. The molecule has 5 nitrogen and oxygen atoms in total. The molecule has 0 spiro atoms. The Labute approximate surface area is 114 Å². The molecule has 1 aliphatic heterocycles. The predicted octanol–water partition coefficient (Wildman–Crippen LogP) is 2.33. The molecule has 100 valence electrons. The van der Waals surface area contributed by atoms with E-state index in [1.807, 2.05) is 0 Å². The van der Waals surface area contributed by atoms with Crippen molar-refractivity contribution in [2.75, 3.05) is 4.90 Å². The fourth-order valence-corrected chi connectivity index (χ4v) is 2.28. The number of carbonyl (C=O) groups excluding carboxylic acids is 2. The van der Waals surface area contributed by atoms with E-state index in [0.717, 1.165) is 4.90 Å². The van der Waals surface area contributed by atoms with Crippen LogP contribution in [0.3, 0.4) is 0 Å². The lowest BCUT2D eigenvalue weighted by molar-refractivity contribution is -0.124. The number of carboxylic acids is 1. The van der Waals surface area contributed by atoms with Gasteiger partial charge in [-0.15, -0.1) is 0 Å². The van der Waals surface area contributed by atoms with Crippen LogP contribution in [0, 0.1) is 5.41 Å². The molecule has 1 N–H and O–H groups in total. The number of anilines is 1. The zero-order valence-electron chi connectivity index (χ0n) is 10.4. The van der Waals surface area contributed by atoms with Crippen LogP contribution < -0.4 is 4.90 Å². The van der Waals surface area contributed by atoms with Crippen molar-refractivity contribution >= 4 is 35.1 Å². The van der Waals surface area contributed by atoms with E-state index in [4.69, 9.17) is 16.7 Å². The van der Waals surface area contributed by atoms with Crippen LogP contribution in [0.4, 0.5) is 5.69 Å². The summed E-state index contributed by atoms with van der Waals surface area (Å²) in [5, 5.41) is 8.87. The normalized spacial score (nSPS) is 17.9. The average Bonchev–Trinajstić information content (AvgIpc) is 2.47. The highest BCUT2D eigenvalue weighted by atomic mass is 35.5. The number of nitrogens with zero attached hydrogens (tertiary/aromatic N) is 1. The van der Waals surface area contributed by atoms with E-state index in [9.17, 15) is 14.4 Å². The summed E-state index contributed by atoms with van der Waals surface area (Å²) in [6, 6.07) is 4.01. The third kappa shape index (κ3) is 2.21. The number of imide groups is 1. The van der Waals surface area contributed by atoms with Crippen molar-refractivity contribution < 1.29 is 19.5 Å². The number of carboxylic acid groups (broad SMARTS) is 1. The van der Waals surface area contributed by atoms with Gasteiger partial charge in [0.05, 0.1) is 21.7 Å². The Hall–Kier alpha value is -1.88. The van der Waals surface area contributed by atoms with Crippen molar-refractivity contribution in [3.05, 3.63) is 28.8 Å². The topological polar surface area (TPSA) is 74.7 Å². The van der Waals surface area contributed by atoms with Gasteiger partial charge in [-0.25, -0.2) is 4.79 Å². The Balaban J connectivity index is 2.44. The minimum Gasteiger partial charge on any atom is -0.478 e. The molecule has 1 aromatic carbocycles. The van der Waals surface area contributed by atoms with Gasteiger partial charge in [-0.3, -0.25) is 14.5 Å². The van der Waals surface area contributed by atoms with Gasteiger partial charge in [0.2, 0.25) is 11.8 Å². The number of aromatic carboxylic acids is 1. The third-order valence-corrected chi connectivity index (χ3v) is 3.38. The summed E-state index contributed by atoms with van der Waals surface area (Å²) in [5.74, 6) is -1.78. The second kappa shape index (κ2) is 4.35. The summed E-state index contributed by atoms with van der Waals surface area (Å²) < 4.78 is 0. The molecule has 2 rings (SSSR count). The van der Waals surface area contributed by atoms with Crippen molar-refractivity contribution in [2.24, 2.45) is 5.41 Å². The highest BCUT2D eigenvalue weighted by Crippen LogP contribution is 2.36. The number of hydrogen-bond acceptors (Lipinski definition) is 3. The van der Waals surface area contributed by atoms with Crippen LogP contribution in [0.2, 0.25) is 5.02 Å². The van der Waals surface area contributed by atoms with Crippen LogP contribution >= 0.6 is 11.6 Å². The minimum atomic E-state index is -1.16. The molecule has 0 unspecified atom stereocenters. The fourth-order valence-electron chi connectivity index (χ4n) is 2.03. The van der Waals surface area contributed by atoms with Gasteiger partial charge in [0.1, 0.15) is 0 Å². The van der Waals surface area contributed by atoms with Gasteiger partial charge in [-0.05, 0) is 18.2 Å². The molecule has 0 saturated carbocycles. The lowest BCUT2D eigenvalue weighted by Crippen LogP contribution is -2.33. The van der Waals surface area contributed by atoms with Crippen molar-refractivity contribution in [1.82, 2.24) is 0 Å². The van der Waals surface area contributed by atoms with E-state index in [0.29, 0.717) is 5.69 Å². The molecule has 1 aromatic rings. The first kappa shape index (κ1) is 13.5. The summed E-state index contributed by atoms with van der Waals surface area (Å²) >= 11 is 5.84. The molecule has 1 saturated heterocycles. The highest BCUT2D eigenvalue weighted by Gasteiger charge is 2.45. The van der Waals surface area contributed by atoms with Gasteiger partial charge >= 0.3 is 5.97 Å². The van der Waals surface area contributed by atoms with Crippen LogP contribution in [0.15, 0.2) is 18.2 Å². The Morgan fingerprint density at radius 2 is 2.00 bits per heavy atom. The van der Waals surface area contributed by atoms with E-state index in [1.165, 1.54) is 18.2 Å². The molecule has 0 aliphatic carbocycles. The molecule has 1 aliphatic rings. The van der Waals surface area contributed by atoms with Crippen molar-refractivity contribution in [3.8, 4) is 0 Å². The average molecular weight is 282 g/mol. The Morgan fingerprint density at radius 3 is 2.42 bits per heavy atom. The minimum absolute atomic E-state index is 0.00435. The van der Waals surface area contributed by atoms with Gasteiger partial charge < -0.3 is 5.11 Å². The van der Waals surface area contributed by atoms with E-state index in [2.05, 4.69) is 0 Å². The van der Waals surface area contributed by atoms with Gasteiger partial charge in [0.25, 0.3) is 0 Å². The fraction of sp³-hybridized carbons (Fsp3) is 0.308. The maximum Gasteiger partial charge on any atom is 0.337 e. The standard InChI is InChI=1S/C13H12ClNO4/c1-13(2)6-10(16)15(12(13)19)7-3-4-8(11(17)18)9(14)5-7/h3-5H,6H2,1-2H3,(H,17,18). The van der Waals surface area contributed by atoms with Crippen LogP contribution in [0.25, 0.3) is 0 Å². The number of rotatable bonds is 2. The third-order valence-electron chi connectivity index (χ3n) is 3.07. The van der Waals surface area contributed by atoms with Gasteiger partial charge in [-0.1, -0.05) is 25.4 Å². The van der Waals surface area contributed by atoms with Crippen molar-refractivity contribution in [2.45, 2.75) is 20.3 Å². The van der Waals surface area contributed by atoms with Gasteiger partial charge in [0.15, 0.2) is 0 Å². The van der Waals surface area contributed by atoms with Crippen LogP contribution in [0.5, 0.6) is 0 Å². The summed E-state index contributed by atoms with van der Waals surface area (Å²) in [6.45, 7) is 3.39. The molecule has 0 radical (unpaired) electrons. The largest absolute Gasteiger partial charge is 0.478 e. The van der Waals surface area contributed by atoms with Crippen molar-refractivity contribution in [3.63, 3.8) is 0 Å². The van der Waals surface area contributed by atoms with Gasteiger partial charge in [0, 0.05) is 6.42 Å². The second-order valence-corrected chi connectivity index (χ2v) is 5.47. The zero-order valence-corrected chi connectivity index (χ0v) is 11.2. The first-order chi connectivity index (χ1) is 8.74. The first-order valence-corrected chi connectivity index (χ1v) is 6.02. The van der Waals surface area contributed by atoms with Crippen LogP contribution in [0.1, 0.15) is 30.6 Å². The molecule has 0 bridgehead atoms. The number of benzene rings is 1. The predicted molar refractivity (Wildman–Crippen MR) is 69.3 cm³/mol. The molecule has 2 amide bonds. The van der Waals surface area contributed by atoms with Crippen molar-refractivity contribution in [1.29, 1.82) is 0 Å². The van der Waals surface area contributed by atoms with E-state index in [1.54, 1.807) is 13.8 Å². The van der Waals surface area contributed by atoms with Gasteiger partial charge in [-0.2, -0.15) is 0 Å². The first-order valence-electron chi connectivity index (χ1n) is 5.64. The monoisotopic (exact) mass is 281 g/mol. The Kier molecular flexibility index (Phi) is 3.10. The van der Waals surface area contributed by atoms with E-state index in [-0.39, 0.29) is 28.8 Å². The molecule has 1 fully saturated rings. The molecule has 0 atom stereocenters. The lowest BCUT2D eigenvalue weighted by atomic mass is 9.92. The molecule has 6 heteroatoms.